The van der Waals surface area contributed by atoms with Crippen molar-refractivity contribution in [2.75, 3.05) is 0 Å². The lowest BCUT2D eigenvalue weighted by atomic mass is 10.1. The van der Waals surface area contributed by atoms with Gasteiger partial charge in [-0.3, -0.25) is 4.79 Å². The lowest BCUT2D eigenvalue weighted by Crippen LogP contribution is -2.31. The number of benzene rings is 1. The van der Waals surface area contributed by atoms with E-state index in [1.54, 1.807) is 0 Å². The first-order valence-electron chi connectivity index (χ1n) is 4.70. The zero-order valence-corrected chi connectivity index (χ0v) is 11.8. The Balaban J connectivity index is 2.69. The molecule has 0 aliphatic rings. The summed E-state index contributed by atoms with van der Waals surface area (Å²) in [4.78, 5) is 11.3. The number of alkyl halides is 1. The zero-order chi connectivity index (χ0) is 11.4. The van der Waals surface area contributed by atoms with E-state index in [-0.39, 0.29) is 16.8 Å². The standard InChI is InChI=1S/C11H13Br2NO/c1-7(12)11(15)14-8(2)9-4-3-5-10(13)6-9/h3-8H,1-2H3,(H,14,15)/t7?,8-/m0/s1. The zero-order valence-electron chi connectivity index (χ0n) is 8.63. The molecule has 1 N–H and O–H groups in total. The number of hydrogen-bond acceptors (Lipinski definition) is 1. The van der Waals surface area contributed by atoms with Gasteiger partial charge in [-0.15, -0.1) is 0 Å². The second-order valence-corrected chi connectivity index (χ2v) is 5.69. The topological polar surface area (TPSA) is 29.1 Å². The molecular weight excluding hydrogens is 322 g/mol. The van der Waals surface area contributed by atoms with Gasteiger partial charge in [0, 0.05) is 4.47 Å². The molecule has 0 radical (unpaired) electrons. The Morgan fingerprint density at radius 3 is 2.60 bits per heavy atom. The van der Waals surface area contributed by atoms with Gasteiger partial charge in [-0.2, -0.15) is 0 Å². The van der Waals surface area contributed by atoms with E-state index < -0.39 is 0 Å². The molecule has 0 fully saturated rings. The molecule has 1 aromatic rings. The van der Waals surface area contributed by atoms with Gasteiger partial charge in [0.05, 0.1) is 10.9 Å². The lowest BCUT2D eigenvalue weighted by Gasteiger charge is -2.15. The Hall–Kier alpha value is -0.350. The van der Waals surface area contributed by atoms with Crippen LogP contribution in [0.5, 0.6) is 0 Å². The van der Waals surface area contributed by atoms with Crippen LogP contribution in [0.1, 0.15) is 25.5 Å². The predicted octanol–water partition coefficient (Wildman–Crippen LogP) is 3.41. The number of halogens is 2. The summed E-state index contributed by atoms with van der Waals surface area (Å²) in [6.07, 6.45) is 0. The van der Waals surface area contributed by atoms with Crippen LogP contribution >= 0.6 is 31.9 Å². The molecule has 4 heteroatoms. The van der Waals surface area contributed by atoms with E-state index in [0.29, 0.717) is 0 Å². The summed E-state index contributed by atoms with van der Waals surface area (Å²) < 4.78 is 1.02. The van der Waals surface area contributed by atoms with Crippen LogP contribution in [0, 0.1) is 0 Å². The summed E-state index contributed by atoms with van der Waals surface area (Å²) in [5, 5.41) is 2.92. The number of hydrogen-bond donors (Lipinski definition) is 1. The highest BCUT2D eigenvalue weighted by Gasteiger charge is 2.13. The van der Waals surface area contributed by atoms with Crippen LogP contribution in [0.15, 0.2) is 28.7 Å². The van der Waals surface area contributed by atoms with Crippen LogP contribution in [-0.4, -0.2) is 10.7 Å². The number of nitrogens with one attached hydrogen (secondary N) is 1. The van der Waals surface area contributed by atoms with Gasteiger partial charge in [0.2, 0.25) is 5.91 Å². The number of amides is 1. The molecule has 0 aliphatic heterocycles. The third-order valence-electron chi connectivity index (χ3n) is 2.07. The van der Waals surface area contributed by atoms with Crippen molar-refractivity contribution >= 4 is 37.8 Å². The fourth-order valence-electron chi connectivity index (χ4n) is 1.19. The normalized spacial score (nSPS) is 14.4. The Morgan fingerprint density at radius 1 is 1.40 bits per heavy atom. The van der Waals surface area contributed by atoms with E-state index in [9.17, 15) is 4.79 Å². The Morgan fingerprint density at radius 2 is 2.07 bits per heavy atom. The molecule has 0 spiro atoms. The smallest absolute Gasteiger partial charge is 0.233 e. The van der Waals surface area contributed by atoms with Crippen LogP contribution in [0.3, 0.4) is 0 Å². The molecule has 15 heavy (non-hydrogen) atoms. The number of carbonyl (C=O) groups is 1. The second-order valence-electron chi connectivity index (χ2n) is 3.40. The van der Waals surface area contributed by atoms with Gasteiger partial charge >= 0.3 is 0 Å². The summed E-state index contributed by atoms with van der Waals surface area (Å²) in [7, 11) is 0. The van der Waals surface area contributed by atoms with Crippen molar-refractivity contribution < 1.29 is 4.79 Å². The van der Waals surface area contributed by atoms with Crippen molar-refractivity contribution in [3.8, 4) is 0 Å². The second kappa shape index (κ2) is 5.66. The van der Waals surface area contributed by atoms with Crippen LogP contribution < -0.4 is 5.32 Å². The first-order valence-corrected chi connectivity index (χ1v) is 6.41. The maximum atomic E-state index is 11.4. The highest BCUT2D eigenvalue weighted by atomic mass is 79.9. The average Bonchev–Trinajstić information content (AvgIpc) is 2.17. The van der Waals surface area contributed by atoms with Crippen LogP contribution in [0.2, 0.25) is 0 Å². The molecule has 1 unspecified atom stereocenters. The van der Waals surface area contributed by atoms with Gasteiger partial charge in [0.25, 0.3) is 0 Å². The van der Waals surface area contributed by atoms with Crippen LogP contribution in [-0.2, 0) is 4.79 Å². The molecule has 2 atom stereocenters. The first-order chi connectivity index (χ1) is 7.00. The van der Waals surface area contributed by atoms with E-state index in [1.807, 2.05) is 38.1 Å². The molecular formula is C11H13Br2NO. The summed E-state index contributed by atoms with van der Waals surface area (Å²) in [6.45, 7) is 3.78. The quantitative estimate of drug-likeness (QED) is 0.843. The maximum Gasteiger partial charge on any atom is 0.233 e. The molecule has 0 aromatic heterocycles. The molecule has 0 bridgehead atoms. The van der Waals surface area contributed by atoms with Gasteiger partial charge < -0.3 is 5.32 Å². The Kier molecular flexibility index (Phi) is 4.80. The Bertz CT molecular complexity index is 352. The SMILES string of the molecule is CC(Br)C(=O)N[C@@H](C)c1cccc(Br)c1. The molecule has 1 amide bonds. The summed E-state index contributed by atoms with van der Waals surface area (Å²) >= 11 is 6.64. The highest BCUT2D eigenvalue weighted by molar-refractivity contribution is 9.10. The largest absolute Gasteiger partial charge is 0.349 e. The van der Waals surface area contributed by atoms with Gasteiger partial charge in [0.15, 0.2) is 0 Å². The highest BCUT2D eigenvalue weighted by Crippen LogP contribution is 2.18. The van der Waals surface area contributed by atoms with E-state index >= 15 is 0 Å². The summed E-state index contributed by atoms with van der Waals surface area (Å²) in [5.41, 5.74) is 1.09. The predicted molar refractivity (Wildman–Crippen MR) is 69.1 cm³/mol. The third-order valence-corrected chi connectivity index (χ3v) is 2.98. The first kappa shape index (κ1) is 12.7. The van der Waals surface area contributed by atoms with Gasteiger partial charge in [-0.25, -0.2) is 0 Å². The molecule has 82 valence electrons. The van der Waals surface area contributed by atoms with Crippen molar-refractivity contribution in [2.45, 2.75) is 24.7 Å². The average molecular weight is 335 g/mol. The van der Waals surface area contributed by atoms with Crippen molar-refractivity contribution in [1.29, 1.82) is 0 Å². The van der Waals surface area contributed by atoms with Gasteiger partial charge in [-0.05, 0) is 31.5 Å². The van der Waals surface area contributed by atoms with Crippen LogP contribution in [0.25, 0.3) is 0 Å². The minimum Gasteiger partial charge on any atom is -0.349 e. The minimum atomic E-state index is -0.160. The molecule has 2 nitrogen and oxygen atoms in total. The maximum absolute atomic E-state index is 11.4. The van der Waals surface area contributed by atoms with Crippen LogP contribution in [0.4, 0.5) is 0 Å². The molecule has 1 rings (SSSR count). The third kappa shape index (κ3) is 3.95. The van der Waals surface area contributed by atoms with Gasteiger partial charge in [0.1, 0.15) is 0 Å². The molecule has 0 aliphatic carbocycles. The fourth-order valence-corrected chi connectivity index (χ4v) is 1.74. The van der Waals surface area contributed by atoms with E-state index in [4.69, 9.17) is 0 Å². The monoisotopic (exact) mass is 333 g/mol. The van der Waals surface area contributed by atoms with Crippen molar-refractivity contribution in [1.82, 2.24) is 5.32 Å². The summed E-state index contributed by atoms with van der Waals surface area (Å²) in [5.74, 6) is 0.00229. The molecule has 0 saturated heterocycles. The van der Waals surface area contributed by atoms with Crippen molar-refractivity contribution in [3.63, 3.8) is 0 Å². The minimum absolute atomic E-state index is 0.00229. The van der Waals surface area contributed by atoms with Gasteiger partial charge in [-0.1, -0.05) is 44.0 Å². The summed E-state index contributed by atoms with van der Waals surface area (Å²) in [6, 6.07) is 7.94. The fraction of sp³-hybridized carbons (Fsp3) is 0.364. The van der Waals surface area contributed by atoms with Crippen molar-refractivity contribution in [3.05, 3.63) is 34.3 Å². The number of rotatable bonds is 3. The van der Waals surface area contributed by atoms with Crippen molar-refractivity contribution in [2.24, 2.45) is 0 Å². The molecule has 0 saturated carbocycles. The Labute approximate surface area is 107 Å². The van der Waals surface area contributed by atoms with E-state index in [2.05, 4.69) is 37.2 Å². The molecule has 0 heterocycles. The van der Waals surface area contributed by atoms with E-state index in [0.717, 1.165) is 10.0 Å². The molecule has 1 aromatic carbocycles. The van der Waals surface area contributed by atoms with E-state index in [1.165, 1.54) is 0 Å². The lowest BCUT2D eigenvalue weighted by molar-refractivity contribution is -0.120. The number of carbonyl (C=O) groups excluding carboxylic acids is 1.